The summed E-state index contributed by atoms with van der Waals surface area (Å²) in [5.74, 6) is -0.181. The number of carbonyl (C=O) groups is 1. The Morgan fingerprint density at radius 3 is 1.94 bits per heavy atom. The molecule has 1 unspecified atom stereocenters. The van der Waals surface area contributed by atoms with Crippen LogP contribution in [-0.2, 0) is 6.54 Å². The van der Waals surface area contributed by atoms with E-state index < -0.39 is 6.10 Å². The van der Waals surface area contributed by atoms with Gasteiger partial charge in [-0.1, -0.05) is 66.2 Å². The normalized spacial score (nSPS) is 12.2. The summed E-state index contributed by atoms with van der Waals surface area (Å²) in [6.07, 6.45) is -0.777. The first-order chi connectivity index (χ1) is 16.1. The molecule has 0 radical (unpaired) electrons. The quantitative estimate of drug-likeness (QED) is 0.334. The predicted molar refractivity (Wildman–Crippen MR) is 135 cm³/mol. The Morgan fingerprint density at radius 1 is 0.788 bits per heavy atom. The Bertz CT molecular complexity index is 1360. The molecular formula is C28H23ClN2O2. The fraction of sp³-hybridized carbons (Fsp3) is 0.107. The minimum absolute atomic E-state index is 0.159. The van der Waals surface area contributed by atoms with Gasteiger partial charge in [0.15, 0.2) is 0 Å². The molecular weight excluding hydrogens is 432 g/mol. The second kappa shape index (κ2) is 9.10. The molecule has 0 saturated carbocycles. The van der Waals surface area contributed by atoms with Crippen LogP contribution in [0.3, 0.4) is 0 Å². The van der Waals surface area contributed by atoms with Crippen LogP contribution in [0.1, 0.15) is 10.4 Å². The largest absolute Gasteiger partial charge is 0.389 e. The van der Waals surface area contributed by atoms with Crippen molar-refractivity contribution in [1.82, 2.24) is 4.57 Å². The summed E-state index contributed by atoms with van der Waals surface area (Å²) >= 11 is 6.00. The van der Waals surface area contributed by atoms with Crippen molar-refractivity contribution in [1.29, 1.82) is 0 Å². The molecule has 0 bridgehead atoms. The maximum absolute atomic E-state index is 13.4. The zero-order valence-electron chi connectivity index (χ0n) is 17.9. The molecule has 0 aliphatic rings. The fourth-order valence-electron chi connectivity index (χ4n) is 4.34. The molecule has 33 heavy (non-hydrogen) atoms. The molecule has 0 aliphatic heterocycles. The van der Waals surface area contributed by atoms with Gasteiger partial charge < -0.3 is 14.6 Å². The number of halogens is 1. The molecule has 0 aliphatic carbocycles. The number of carbonyl (C=O) groups excluding carboxylic acids is 1. The number of aliphatic hydroxyl groups excluding tert-OH is 1. The van der Waals surface area contributed by atoms with Gasteiger partial charge >= 0.3 is 0 Å². The lowest BCUT2D eigenvalue weighted by Gasteiger charge is -2.26. The third kappa shape index (κ3) is 4.23. The lowest BCUT2D eigenvalue weighted by Crippen LogP contribution is -2.39. The molecule has 5 heteroatoms. The van der Waals surface area contributed by atoms with E-state index in [0.29, 0.717) is 17.1 Å². The number of rotatable bonds is 6. The fourth-order valence-corrected chi connectivity index (χ4v) is 4.47. The average Bonchev–Trinajstić information content (AvgIpc) is 3.17. The van der Waals surface area contributed by atoms with Crippen molar-refractivity contribution in [2.24, 2.45) is 0 Å². The van der Waals surface area contributed by atoms with E-state index in [1.54, 1.807) is 29.2 Å². The molecule has 5 rings (SSSR count). The van der Waals surface area contributed by atoms with E-state index in [9.17, 15) is 9.90 Å². The van der Waals surface area contributed by atoms with Gasteiger partial charge in [-0.15, -0.1) is 0 Å². The zero-order valence-corrected chi connectivity index (χ0v) is 18.7. The van der Waals surface area contributed by atoms with E-state index in [-0.39, 0.29) is 12.5 Å². The molecule has 1 aromatic heterocycles. The average molecular weight is 455 g/mol. The smallest absolute Gasteiger partial charge is 0.258 e. The molecule has 164 valence electrons. The number of hydrogen-bond acceptors (Lipinski definition) is 2. The maximum Gasteiger partial charge on any atom is 0.258 e. The van der Waals surface area contributed by atoms with Crippen molar-refractivity contribution in [3.8, 4) is 0 Å². The van der Waals surface area contributed by atoms with Gasteiger partial charge in [0.2, 0.25) is 0 Å². The summed E-state index contributed by atoms with van der Waals surface area (Å²) in [6, 6.07) is 32.6. The number of aliphatic hydroxyl groups is 1. The second-order valence-electron chi connectivity index (χ2n) is 8.06. The van der Waals surface area contributed by atoms with Crippen molar-refractivity contribution in [3.05, 3.63) is 114 Å². The summed E-state index contributed by atoms with van der Waals surface area (Å²) < 4.78 is 2.13. The first-order valence-corrected chi connectivity index (χ1v) is 11.3. The molecule has 5 aromatic rings. The van der Waals surface area contributed by atoms with Gasteiger partial charge in [-0.25, -0.2) is 0 Å². The third-order valence-electron chi connectivity index (χ3n) is 5.87. The van der Waals surface area contributed by atoms with E-state index in [1.165, 1.54) is 0 Å². The van der Waals surface area contributed by atoms with Gasteiger partial charge in [0.25, 0.3) is 5.91 Å². The van der Waals surface area contributed by atoms with Crippen molar-refractivity contribution in [2.75, 3.05) is 11.4 Å². The minimum Gasteiger partial charge on any atom is -0.389 e. The van der Waals surface area contributed by atoms with Gasteiger partial charge in [0, 0.05) is 38.1 Å². The first-order valence-electron chi connectivity index (χ1n) is 10.9. The van der Waals surface area contributed by atoms with Crippen LogP contribution in [0.25, 0.3) is 21.8 Å². The van der Waals surface area contributed by atoms with Crippen molar-refractivity contribution in [3.63, 3.8) is 0 Å². The Kier molecular flexibility index (Phi) is 5.86. The van der Waals surface area contributed by atoms with Gasteiger partial charge in [-0.3, -0.25) is 4.79 Å². The monoisotopic (exact) mass is 454 g/mol. The van der Waals surface area contributed by atoms with E-state index in [1.807, 2.05) is 54.6 Å². The Hall–Kier alpha value is -3.60. The SMILES string of the molecule is O=C(c1ccc(Cl)cc1)N(CC(O)Cn1c2ccccc2c2ccccc21)c1ccccc1. The molecule has 0 saturated heterocycles. The number of aromatic nitrogens is 1. The Labute approximate surface area is 197 Å². The summed E-state index contributed by atoms with van der Waals surface area (Å²) in [5.41, 5.74) is 3.38. The van der Waals surface area contributed by atoms with Crippen LogP contribution in [0.5, 0.6) is 0 Å². The molecule has 4 aromatic carbocycles. The highest BCUT2D eigenvalue weighted by molar-refractivity contribution is 6.30. The van der Waals surface area contributed by atoms with Crippen LogP contribution >= 0.6 is 11.6 Å². The molecule has 1 N–H and O–H groups in total. The first kappa shape index (κ1) is 21.3. The van der Waals surface area contributed by atoms with Gasteiger partial charge in [0.05, 0.1) is 19.2 Å². The van der Waals surface area contributed by atoms with E-state index in [2.05, 4.69) is 28.8 Å². The molecule has 1 atom stereocenters. The van der Waals surface area contributed by atoms with Gasteiger partial charge in [-0.05, 0) is 48.5 Å². The topological polar surface area (TPSA) is 45.5 Å². The Morgan fingerprint density at radius 2 is 1.33 bits per heavy atom. The molecule has 1 amide bonds. The molecule has 1 heterocycles. The van der Waals surface area contributed by atoms with Crippen LogP contribution in [0.4, 0.5) is 5.69 Å². The van der Waals surface area contributed by atoms with Crippen molar-refractivity contribution >= 4 is 45.0 Å². The lowest BCUT2D eigenvalue weighted by molar-refractivity contribution is 0.0955. The number of amides is 1. The van der Waals surface area contributed by atoms with Crippen LogP contribution in [-0.4, -0.2) is 28.2 Å². The van der Waals surface area contributed by atoms with E-state index in [4.69, 9.17) is 11.6 Å². The van der Waals surface area contributed by atoms with Crippen LogP contribution in [0.15, 0.2) is 103 Å². The number of para-hydroxylation sites is 3. The highest BCUT2D eigenvalue weighted by Gasteiger charge is 2.22. The highest BCUT2D eigenvalue weighted by Crippen LogP contribution is 2.29. The standard InChI is InChI=1S/C28H23ClN2O2/c29-21-16-14-20(15-17-21)28(33)30(22-8-2-1-3-9-22)18-23(32)19-31-26-12-6-4-10-24(26)25-11-5-7-13-27(25)31/h1-17,23,32H,18-19H2. The van der Waals surface area contributed by atoms with Crippen LogP contribution in [0, 0.1) is 0 Å². The Balaban J connectivity index is 1.48. The number of benzene rings is 4. The van der Waals surface area contributed by atoms with Gasteiger partial charge in [0.1, 0.15) is 0 Å². The zero-order chi connectivity index (χ0) is 22.8. The number of hydrogen-bond donors (Lipinski definition) is 1. The highest BCUT2D eigenvalue weighted by atomic mass is 35.5. The van der Waals surface area contributed by atoms with Crippen molar-refractivity contribution in [2.45, 2.75) is 12.6 Å². The minimum atomic E-state index is -0.777. The van der Waals surface area contributed by atoms with E-state index in [0.717, 1.165) is 27.5 Å². The molecule has 0 fully saturated rings. The molecule has 4 nitrogen and oxygen atoms in total. The summed E-state index contributed by atoms with van der Waals surface area (Å²) in [7, 11) is 0. The predicted octanol–water partition coefficient (Wildman–Crippen LogP) is 6.16. The number of fused-ring (bicyclic) bond motifs is 3. The second-order valence-corrected chi connectivity index (χ2v) is 8.49. The summed E-state index contributed by atoms with van der Waals surface area (Å²) in [4.78, 5) is 15.0. The number of anilines is 1. The maximum atomic E-state index is 13.4. The number of nitrogens with zero attached hydrogens (tertiary/aromatic N) is 2. The van der Waals surface area contributed by atoms with E-state index >= 15 is 0 Å². The molecule has 0 spiro atoms. The van der Waals surface area contributed by atoms with Crippen LogP contribution < -0.4 is 4.90 Å². The third-order valence-corrected chi connectivity index (χ3v) is 6.12. The lowest BCUT2D eigenvalue weighted by atomic mass is 10.1. The summed E-state index contributed by atoms with van der Waals surface area (Å²) in [6.45, 7) is 0.525. The summed E-state index contributed by atoms with van der Waals surface area (Å²) in [5, 5.41) is 14.0. The van der Waals surface area contributed by atoms with Crippen LogP contribution in [0.2, 0.25) is 5.02 Å². The van der Waals surface area contributed by atoms with Gasteiger partial charge in [-0.2, -0.15) is 0 Å². The van der Waals surface area contributed by atoms with Crippen molar-refractivity contribution < 1.29 is 9.90 Å².